The molecule has 1 unspecified atom stereocenters. The molecular formula is C15H23FN2O. The summed E-state index contributed by atoms with van der Waals surface area (Å²) in [6.07, 6.45) is -0.778. The Bertz CT molecular complexity index is 426. The first kappa shape index (κ1) is 14.3. The van der Waals surface area contributed by atoms with Gasteiger partial charge in [0.05, 0.1) is 6.10 Å². The van der Waals surface area contributed by atoms with Crippen molar-refractivity contribution in [2.24, 2.45) is 0 Å². The van der Waals surface area contributed by atoms with Crippen molar-refractivity contribution in [2.45, 2.75) is 32.9 Å². The van der Waals surface area contributed by atoms with Gasteiger partial charge in [-0.25, -0.2) is 4.39 Å². The fourth-order valence-electron chi connectivity index (χ4n) is 2.69. The SMILES string of the molecule is CC(O)c1c(F)cccc1N1CCN(C(C)C)CC1. The summed E-state index contributed by atoms with van der Waals surface area (Å²) < 4.78 is 13.9. The summed E-state index contributed by atoms with van der Waals surface area (Å²) in [4.78, 5) is 4.59. The third kappa shape index (κ3) is 3.07. The van der Waals surface area contributed by atoms with E-state index in [1.807, 2.05) is 6.07 Å². The van der Waals surface area contributed by atoms with Crippen LogP contribution in [0.5, 0.6) is 0 Å². The van der Waals surface area contributed by atoms with E-state index in [2.05, 4.69) is 23.6 Å². The average molecular weight is 266 g/mol. The van der Waals surface area contributed by atoms with Crippen molar-refractivity contribution in [1.29, 1.82) is 0 Å². The van der Waals surface area contributed by atoms with Crippen molar-refractivity contribution < 1.29 is 9.50 Å². The van der Waals surface area contributed by atoms with Crippen LogP contribution in [0.15, 0.2) is 18.2 Å². The molecule has 0 bridgehead atoms. The molecule has 2 rings (SSSR count). The first-order valence-corrected chi connectivity index (χ1v) is 6.96. The Morgan fingerprint density at radius 3 is 2.26 bits per heavy atom. The molecule has 0 radical (unpaired) electrons. The second-order valence-corrected chi connectivity index (χ2v) is 5.47. The number of benzene rings is 1. The summed E-state index contributed by atoms with van der Waals surface area (Å²) in [6, 6.07) is 5.57. The molecule has 19 heavy (non-hydrogen) atoms. The molecule has 0 aliphatic carbocycles. The predicted molar refractivity (Wildman–Crippen MR) is 76.0 cm³/mol. The minimum absolute atomic E-state index is 0.321. The second-order valence-electron chi connectivity index (χ2n) is 5.47. The highest BCUT2D eigenvalue weighted by Gasteiger charge is 2.23. The molecule has 1 aliphatic rings. The number of piperazine rings is 1. The molecule has 1 saturated heterocycles. The first-order chi connectivity index (χ1) is 9.00. The van der Waals surface area contributed by atoms with Crippen LogP contribution in [-0.4, -0.2) is 42.2 Å². The molecule has 1 N–H and O–H groups in total. The highest BCUT2D eigenvalue weighted by Crippen LogP contribution is 2.29. The van der Waals surface area contributed by atoms with E-state index in [1.165, 1.54) is 6.07 Å². The molecule has 1 aromatic rings. The maximum Gasteiger partial charge on any atom is 0.131 e. The lowest BCUT2D eigenvalue weighted by Gasteiger charge is -2.39. The van der Waals surface area contributed by atoms with E-state index in [1.54, 1.807) is 13.0 Å². The van der Waals surface area contributed by atoms with Gasteiger partial charge in [-0.2, -0.15) is 0 Å². The van der Waals surface area contributed by atoms with Gasteiger partial charge in [-0.05, 0) is 32.9 Å². The van der Waals surface area contributed by atoms with Crippen LogP contribution in [0.2, 0.25) is 0 Å². The van der Waals surface area contributed by atoms with Gasteiger partial charge in [0, 0.05) is 43.5 Å². The highest BCUT2D eigenvalue weighted by atomic mass is 19.1. The molecule has 0 saturated carbocycles. The van der Waals surface area contributed by atoms with Crippen LogP contribution in [0, 0.1) is 5.82 Å². The molecule has 1 fully saturated rings. The van der Waals surface area contributed by atoms with Gasteiger partial charge in [0.2, 0.25) is 0 Å². The molecule has 4 heteroatoms. The smallest absolute Gasteiger partial charge is 0.131 e. The van der Waals surface area contributed by atoms with Crippen molar-refractivity contribution in [2.75, 3.05) is 31.1 Å². The van der Waals surface area contributed by atoms with Gasteiger partial charge in [-0.1, -0.05) is 6.07 Å². The van der Waals surface area contributed by atoms with Crippen LogP contribution < -0.4 is 4.90 Å². The summed E-state index contributed by atoms with van der Waals surface area (Å²) >= 11 is 0. The molecule has 106 valence electrons. The fraction of sp³-hybridized carbons (Fsp3) is 0.600. The van der Waals surface area contributed by atoms with E-state index in [0.717, 1.165) is 31.9 Å². The standard InChI is InChI=1S/C15H23FN2O/c1-11(2)17-7-9-18(10-8-17)14-6-4-5-13(16)15(14)12(3)19/h4-6,11-12,19H,7-10H2,1-3H3. The normalized spacial score (nSPS) is 18.9. The number of aliphatic hydroxyl groups excluding tert-OH is 1. The average Bonchev–Trinajstić information content (AvgIpc) is 2.38. The minimum Gasteiger partial charge on any atom is -0.389 e. The van der Waals surface area contributed by atoms with Crippen LogP contribution in [0.25, 0.3) is 0 Å². The number of hydrogen-bond acceptors (Lipinski definition) is 3. The zero-order chi connectivity index (χ0) is 14.0. The quantitative estimate of drug-likeness (QED) is 0.910. The van der Waals surface area contributed by atoms with Crippen molar-refractivity contribution in [3.8, 4) is 0 Å². The maximum absolute atomic E-state index is 13.9. The zero-order valence-corrected chi connectivity index (χ0v) is 11.9. The molecule has 1 atom stereocenters. The van der Waals surface area contributed by atoms with E-state index in [0.29, 0.717) is 11.6 Å². The summed E-state index contributed by atoms with van der Waals surface area (Å²) in [6.45, 7) is 9.72. The van der Waals surface area contributed by atoms with Gasteiger partial charge in [0.15, 0.2) is 0 Å². The molecule has 0 spiro atoms. The fourth-order valence-corrected chi connectivity index (χ4v) is 2.69. The van der Waals surface area contributed by atoms with Crippen molar-refractivity contribution in [3.63, 3.8) is 0 Å². The summed E-state index contributed by atoms with van der Waals surface area (Å²) in [5.41, 5.74) is 1.25. The van der Waals surface area contributed by atoms with E-state index in [4.69, 9.17) is 0 Å². The van der Waals surface area contributed by atoms with Gasteiger partial charge >= 0.3 is 0 Å². The van der Waals surface area contributed by atoms with E-state index < -0.39 is 6.10 Å². The van der Waals surface area contributed by atoms with E-state index in [-0.39, 0.29) is 5.82 Å². The Kier molecular flexibility index (Phi) is 4.42. The number of anilines is 1. The maximum atomic E-state index is 13.9. The number of halogens is 1. The van der Waals surface area contributed by atoms with Crippen LogP contribution in [-0.2, 0) is 0 Å². The molecule has 1 aliphatic heterocycles. The third-order valence-corrected chi connectivity index (χ3v) is 3.83. The Morgan fingerprint density at radius 2 is 1.74 bits per heavy atom. The van der Waals surface area contributed by atoms with Gasteiger partial charge in [-0.3, -0.25) is 4.90 Å². The molecule has 0 aromatic heterocycles. The lowest BCUT2D eigenvalue weighted by atomic mass is 10.1. The lowest BCUT2D eigenvalue weighted by molar-refractivity contribution is 0.191. The van der Waals surface area contributed by atoms with Crippen LogP contribution >= 0.6 is 0 Å². The van der Waals surface area contributed by atoms with E-state index in [9.17, 15) is 9.50 Å². The zero-order valence-electron chi connectivity index (χ0n) is 11.9. The summed E-state index contributed by atoms with van der Waals surface area (Å²) in [5, 5.41) is 9.78. The highest BCUT2D eigenvalue weighted by molar-refractivity contribution is 5.55. The van der Waals surface area contributed by atoms with Gasteiger partial charge < -0.3 is 10.0 Å². The largest absolute Gasteiger partial charge is 0.389 e. The third-order valence-electron chi connectivity index (χ3n) is 3.83. The Morgan fingerprint density at radius 1 is 1.11 bits per heavy atom. The monoisotopic (exact) mass is 266 g/mol. The van der Waals surface area contributed by atoms with Crippen molar-refractivity contribution in [1.82, 2.24) is 4.90 Å². The molecular weight excluding hydrogens is 243 g/mol. The van der Waals surface area contributed by atoms with Gasteiger partial charge in [-0.15, -0.1) is 0 Å². The number of nitrogens with zero attached hydrogens (tertiary/aromatic N) is 2. The van der Waals surface area contributed by atoms with Crippen molar-refractivity contribution in [3.05, 3.63) is 29.6 Å². The Labute approximate surface area is 114 Å². The first-order valence-electron chi connectivity index (χ1n) is 6.96. The van der Waals surface area contributed by atoms with Crippen molar-refractivity contribution >= 4 is 5.69 Å². The number of aliphatic hydroxyl groups is 1. The van der Waals surface area contributed by atoms with E-state index >= 15 is 0 Å². The van der Waals surface area contributed by atoms with Crippen LogP contribution in [0.4, 0.5) is 10.1 Å². The van der Waals surface area contributed by atoms with Crippen LogP contribution in [0.1, 0.15) is 32.4 Å². The van der Waals surface area contributed by atoms with Gasteiger partial charge in [0.25, 0.3) is 0 Å². The number of hydrogen-bond donors (Lipinski definition) is 1. The Hall–Kier alpha value is -1.13. The Balaban J connectivity index is 2.18. The second kappa shape index (κ2) is 5.88. The summed E-state index contributed by atoms with van der Waals surface area (Å²) in [5.74, 6) is -0.321. The lowest BCUT2D eigenvalue weighted by Crippen LogP contribution is -2.49. The molecule has 3 nitrogen and oxygen atoms in total. The molecule has 1 aromatic carbocycles. The molecule has 1 heterocycles. The topological polar surface area (TPSA) is 26.7 Å². The minimum atomic E-state index is -0.778. The summed E-state index contributed by atoms with van der Waals surface area (Å²) in [7, 11) is 0. The number of rotatable bonds is 3. The van der Waals surface area contributed by atoms with Gasteiger partial charge in [0.1, 0.15) is 5.82 Å². The predicted octanol–water partition coefficient (Wildman–Crippen LogP) is 2.41. The van der Waals surface area contributed by atoms with Crippen LogP contribution in [0.3, 0.4) is 0 Å². The molecule has 0 amide bonds.